The molecule has 0 aliphatic heterocycles. The summed E-state index contributed by atoms with van der Waals surface area (Å²) in [6.07, 6.45) is 3.76. The Morgan fingerprint density at radius 1 is 1.24 bits per heavy atom. The van der Waals surface area contributed by atoms with Crippen molar-refractivity contribution in [2.24, 2.45) is 0 Å². The van der Waals surface area contributed by atoms with E-state index in [0.717, 1.165) is 12.4 Å². The predicted octanol–water partition coefficient (Wildman–Crippen LogP) is 3.79. The average molecular weight is 249 g/mol. The molecule has 0 fully saturated rings. The lowest BCUT2D eigenvalue weighted by Gasteiger charge is -2.09. The van der Waals surface area contributed by atoms with Crippen LogP contribution in [0, 0.1) is 0 Å². The Bertz CT molecular complexity index is 471. The van der Waals surface area contributed by atoms with E-state index in [0.29, 0.717) is 11.8 Å². The Kier molecular flexibility index (Phi) is 3.85. The first-order chi connectivity index (χ1) is 8.20. The number of hydrogen-bond acceptors (Lipinski definition) is 1. The molecule has 0 bridgehead atoms. The van der Waals surface area contributed by atoms with Crippen molar-refractivity contribution in [1.29, 1.82) is 0 Å². The largest absolute Gasteiger partial charge is 0.330 e. The lowest BCUT2D eigenvalue weighted by Crippen LogP contribution is -2.02. The normalized spacial score (nSPS) is 11.1. The summed E-state index contributed by atoms with van der Waals surface area (Å²) in [5, 5.41) is 0. The van der Waals surface area contributed by atoms with Crippen LogP contribution in [0.1, 0.15) is 36.7 Å². The van der Waals surface area contributed by atoms with Gasteiger partial charge in [-0.25, -0.2) is 4.98 Å². The van der Waals surface area contributed by atoms with Crippen molar-refractivity contribution < 1.29 is 0 Å². The van der Waals surface area contributed by atoms with Gasteiger partial charge in [-0.05, 0) is 17.0 Å². The van der Waals surface area contributed by atoms with Gasteiger partial charge in [0.15, 0.2) is 0 Å². The summed E-state index contributed by atoms with van der Waals surface area (Å²) in [6.45, 7) is 5.24. The highest BCUT2D eigenvalue weighted by atomic mass is 35.5. The van der Waals surface area contributed by atoms with Crippen molar-refractivity contribution in [2.45, 2.75) is 32.2 Å². The highest BCUT2D eigenvalue weighted by Gasteiger charge is 2.03. The molecule has 90 valence electrons. The van der Waals surface area contributed by atoms with Crippen molar-refractivity contribution in [1.82, 2.24) is 9.55 Å². The molecule has 0 radical (unpaired) electrons. The molecule has 0 atom stereocenters. The first kappa shape index (κ1) is 12.2. The molecule has 2 aromatic rings. The second-order valence-corrected chi connectivity index (χ2v) is 4.77. The Morgan fingerprint density at radius 3 is 2.53 bits per heavy atom. The predicted molar refractivity (Wildman–Crippen MR) is 71.4 cm³/mol. The number of benzene rings is 1. The highest BCUT2D eigenvalue weighted by Crippen LogP contribution is 2.15. The van der Waals surface area contributed by atoms with Gasteiger partial charge >= 0.3 is 0 Å². The number of hydrogen-bond donors (Lipinski definition) is 0. The summed E-state index contributed by atoms with van der Waals surface area (Å²) in [7, 11) is 0. The van der Waals surface area contributed by atoms with Gasteiger partial charge in [-0.2, -0.15) is 0 Å². The monoisotopic (exact) mass is 248 g/mol. The summed E-state index contributed by atoms with van der Waals surface area (Å²) in [5.41, 5.74) is 2.65. The quantitative estimate of drug-likeness (QED) is 0.753. The molecule has 0 saturated carbocycles. The van der Waals surface area contributed by atoms with E-state index in [4.69, 9.17) is 11.6 Å². The average Bonchev–Trinajstić information content (AvgIpc) is 2.77. The van der Waals surface area contributed by atoms with Crippen molar-refractivity contribution >= 4 is 11.6 Å². The molecule has 0 spiro atoms. The minimum absolute atomic E-state index is 0.455. The van der Waals surface area contributed by atoms with Gasteiger partial charge in [-0.1, -0.05) is 38.1 Å². The molecule has 1 heterocycles. The first-order valence-corrected chi connectivity index (χ1v) is 6.39. The SMILES string of the molecule is CC(C)c1ccc(Cn2ccnc2CCl)cc1. The van der Waals surface area contributed by atoms with Crippen LogP contribution < -0.4 is 0 Å². The molecule has 0 N–H and O–H groups in total. The van der Waals surface area contributed by atoms with Gasteiger partial charge in [0.25, 0.3) is 0 Å². The number of halogens is 1. The van der Waals surface area contributed by atoms with E-state index in [1.807, 2.05) is 6.20 Å². The van der Waals surface area contributed by atoms with Crippen LogP contribution in [0.3, 0.4) is 0 Å². The fraction of sp³-hybridized carbons (Fsp3) is 0.357. The smallest absolute Gasteiger partial charge is 0.123 e. The van der Waals surface area contributed by atoms with Crippen LogP contribution in [0.15, 0.2) is 36.7 Å². The Labute approximate surface area is 107 Å². The van der Waals surface area contributed by atoms with Crippen molar-refractivity contribution in [3.63, 3.8) is 0 Å². The maximum Gasteiger partial charge on any atom is 0.123 e. The van der Waals surface area contributed by atoms with Gasteiger partial charge in [-0.15, -0.1) is 11.6 Å². The van der Waals surface area contributed by atoms with Crippen LogP contribution in [0.2, 0.25) is 0 Å². The van der Waals surface area contributed by atoms with Crippen LogP contribution in [0.5, 0.6) is 0 Å². The molecular weight excluding hydrogens is 232 g/mol. The lowest BCUT2D eigenvalue weighted by atomic mass is 10.0. The maximum atomic E-state index is 5.82. The molecular formula is C14H17ClN2. The van der Waals surface area contributed by atoms with E-state index >= 15 is 0 Å². The molecule has 2 rings (SSSR count). The minimum Gasteiger partial charge on any atom is -0.330 e. The van der Waals surface area contributed by atoms with Gasteiger partial charge < -0.3 is 4.57 Å². The Hall–Kier alpha value is -1.28. The van der Waals surface area contributed by atoms with E-state index in [2.05, 4.69) is 47.7 Å². The van der Waals surface area contributed by atoms with Crippen molar-refractivity contribution in [3.05, 3.63) is 53.6 Å². The number of nitrogens with zero attached hydrogens (tertiary/aromatic N) is 2. The summed E-state index contributed by atoms with van der Waals surface area (Å²) in [5.74, 6) is 1.95. The molecule has 0 saturated heterocycles. The molecule has 3 heteroatoms. The van der Waals surface area contributed by atoms with Crippen molar-refractivity contribution in [3.8, 4) is 0 Å². The topological polar surface area (TPSA) is 17.8 Å². The third kappa shape index (κ3) is 2.89. The first-order valence-electron chi connectivity index (χ1n) is 5.85. The van der Waals surface area contributed by atoms with Crippen LogP contribution in [0.4, 0.5) is 0 Å². The van der Waals surface area contributed by atoms with Gasteiger partial charge in [0.2, 0.25) is 0 Å². The minimum atomic E-state index is 0.455. The van der Waals surface area contributed by atoms with Crippen LogP contribution in [-0.2, 0) is 12.4 Å². The third-order valence-electron chi connectivity index (χ3n) is 2.92. The third-order valence-corrected chi connectivity index (χ3v) is 3.16. The van der Waals surface area contributed by atoms with E-state index in [-0.39, 0.29) is 0 Å². The van der Waals surface area contributed by atoms with E-state index < -0.39 is 0 Å². The van der Waals surface area contributed by atoms with Gasteiger partial charge in [0.1, 0.15) is 5.82 Å². The standard InChI is InChI=1S/C14H17ClN2/c1-11(2)13-5-3-12(4-6-13)10-17-8-7-16-14(17)9-15/h3-8,11H,9-10H2,1-2H3. The van der Waals surface area contributed by atoms with E-state index in [1.54, 1.807) is 6.20 Å². The Morgan fingerprint density at radius 2 is 1.94 bits per heavy atom. The molecule has 2 nitrogen and oxygen atoms in total. The van der Waals surface area contributed by atoms with Gasteiger partial charge in [-0.3, -0.25) is 0 Å². The van der Waals surface area contributed by atoms with Gasteiger partial charge in [0.05, 0.1) is 5.88 Å². The second kappa shape index (κ2) is 5.37. The number of rotatable bonds is 4. The highest BCUT2D eigenvalue weighted by molar-refractivity contribution is 6.16. The molecule has 1 aromatic carbocycles. The maximum absolute atomic E-state index is 5.82. The van der Waals surface area contributed by atoms with Crippen LogP contribution in [-0.4, -0.2) is 9.55 Å². The fourth-order valence-corrected chi connectivity index (χ4v) is 2.04. The lowest BCUT2D eigenvalue weighted by molar-refractivity contribution is 0.753. The van der Waals surface area contributed by atoms with Gasteiger partial charge in [0, 0.05) is 18.9 Å². The zero-order chi connectivity index (χ0) is 12.3. The van der Waals surface area contributed by atoms with Crippen LogP contribution in [0.25, 0.3) is 0 Å². The zero-order valence-corrected chi connectivity index (χ0v) is 11.0. The zero-order valence-electron chi connectivity index (χ0n) is 10.2. The van der Waals surface area contributed by atoms with E-state index in [1.165, 1.54) is 11.1 Å². The fourth-order valence-electron chi connectivity index (χ4n) is 1.82. The van der Waals surface area contributed by atoms with E-state index in [9.17, 15) is 0 Å². The molecule has 0 aliphatic carbocycles. The summed E-state index contributed by atoms with van der Waals surface area (Å²) >= 11 is 5.82. The summed E-state index contributed by atoms with van der Waals surface area (Å²) in [6, 6.07) is 8.73. The molecule has 17 heavy (non-hydrogen) atoms. The molecule has 1 aromatic heterocycles. The molecule has 0 amide bonds. The van der Waals surface area contributed by atoms with Crippen LogP contribution >= 0.6 is 11.6 Å². The summed E-state index contributed by atoms with van der Waals surface area (Å²) in [4.78, 5) is 4.21. The second-order valence-electron chi connectivity index (χ2n) is 4.50. The number of imidazole rings is 1. The molecule has 0 aliphatic rings. The Balaban J connectivity index is 2.14. The number of aromatic nitrogens is 2. The molecule has 0 unspecified atom stereocenters. The summed E-state index contributed by atoms with van der Waals surface area (Å²) < 4.78 is 2.08. The van der Waals surface area contributed by atoms with Crippen molar-refractivity contribution in [2.75, 3.05) is 0 Å². The number of alkyl halides is 1.